The first kappa shape index (κ1) is 12.5. The predicted octanol–water partition coefficient (Wildman–Crippen LogP) is 1.30. The third-order valence-electron chi connectivity index (χ3n) is 2.94. The van der Waals surface area contributed by atoms with Gasteiger partial charge in [0, 0.05) is 20.6 Å². The third kappa shape index (κ3) is 4.62. The molecule has 0 aromatic rings. The molecule has 0 radical (unpaired) electrons. The summed E-state index contributed by atoms with van der Waals surface area (Å²) >= 11 is 0. The van der Waals surface area contributed by atoms with Gasteiger partial charge < -0.3 is 14.8 Å². The number of rotatable bonds is 6. The molecule has 88 valence electrons. The fourth-order valence-corrected chi connectivity index (χ4v) is 2.01. The van der Waals surface area contributed by atoms with Crippen LogP contribution >= 0.6 is 0 Å². The largest absolute Gasteiger partial charge is 0.354 e. The number of methoxy groups -OCH3 is 2. The molecule has 0 spiro atoms. The Balaban J connectivity index is 2.12. The maximum absolute atomic E-state index is 11.5. The minimum absolute atomic E-state index is 0.112. The SMILES string of the molecule is COC(CNC(=O)CC1CCCC1)OC. The highest BCUT2D eigenvalue weighted by molar-refractivity contribution is 5.76. The second-order valence-corrected chi connectivity index (χ2v) is 4.06. The van der Waals surface area contributed by atoms with Crippen LogP contribution in [0.25, 0.3) is 0 Å². The summed E-state index contributed by atoms with van der Waals surface area (Å²) in [6, 6.07) is 0. The number of nitrogens with one attached hydrogen (secondary N) is 1. The summed E-state index contributed by atoms with van der Waals surface area (Å²) in [4.78, 5) is 11.5. The number of carbonyl (C=O) groups is 1. The van der Waals surface area contributed by atoms with Crippen LogP contribution in [0.15, 0.2) is 0 Å². The van der Waals surface area contributed by atoms with Crippen molar-refractivity contribution in [3.63, 3.8) is 0 Å². The van der Waals surface area contributed by atoms with Gasteiger partial charge in [0.15, 0.2) is 6.29 Å². The van der Waals surface area contributed by atoms with Gasteiger partial charge in [0.1, 0.15) is 0 Å². The Kier molecular flexibility index (Phi) is 5.65. The third-order valence-corrected chi connectivity index (χ3v) is 2.94. The summed E-state index contributed by atoms with van der Waals surface area (Å²) in [5.74, 6) is 0.703. The van der Waals surface area contributed by atoms with Crippen molar-refractivity contribution in [3.05, 3.63) is 0 Å². The molecule has 15 heavy (non-hydrogen) atoms. The standard InChI is InChI=1S/C11H21NO3/c1-14-11(15-2)8-12-10(13)7-9-5-3-4-6-9/h9,11H,3-8H2,1-2H3,(H,12,13). The second kappa shape index (κ2) is 6.80. The molecule has 1 aliphatic carbocycles. The van der Waals surface area contributed by atoms with Gasteiger partial charge in [0.25, 0.3) is 0 Å². The van der Waals surface area contributed by atoms with Gasteiger partial charge in [-0.2, -0.15) is 0 Å². The van der Waals surface area contributed by atoms with Gasteiger partial charge in [0.2, 0.25) is 5.91 Å². The molecule has 0 heterocycles. The van der Waals surface area contributed by atoms with Crippen LogP contribution in [0.4, 0.5) is 0 Å². The topological polar surface area (TPSA) is 47.6 Å². The van der Waals surface area contributed by atoms with Crippen molar-refractivity contribution in [2.75, 3.05) is 20.8 Å². The van der Waals surface area contributed by atoms with Crippen molar-refractivity contribution in [2.24, 2.45) is 5.92 Å². The van der Waals surface area contributed by atoms with E-state index in [1.165, 1.54) is 25.7 Å². The summed E-state index contributed by atoms with van der Waals surface area (Å²) in [6.07, 6.45) is 5.27. The Morgan fingerprint density at radius 3 is 2.47 bits per heavy atom. The highest BCUT2D eigenvalue weighted by Crippen LogP contribution is 2.27. The highest BCUT2D eigenvalue weighted by Gasteiger charge is 2.18. The smallest absolute Gasteiger partial charge is 0.220 e. The molecule has 0 bridgehead atoms. The highest BCUT2D eigenvalue weighted by atomic mass is 16.7. The van der Waals surface area contributed by atoms with Gasteiger partial charge >= 0.3 is 0 Å². The fourth-order valence-electron chi connectivity index (χ4n) is 2.01. The van der Waals surface area contributed by atoms with Crippen LogP contribution in [0.3, 0.4) is 0 Å². The normalized spacial score (nSPS) is 17.3. The lowest BCUT2D eigenvalue weighted by molar-refractivity contribution is -0.128. The first-order chi connectivity index (χ1) is 7.26. The van der Waals surface area contributed by atoms with Crippen LogP contribution < -0.4 is 5.32 Å². The molecule has 1 saturated carbocycles. The Morgan fingerprint density at radius 1 is 1.33 bits per heavy atom. The summed E-state index contributed by atoms with van der Waals surface area (Å²) in [5, 5.41) is 2.82. The van der Waals surface area contributed by atoms with Crippen LogP contribution in [-0.4, -0.2) is 33.0 Å². The van der Waals surface area contributed by atoms with E-state index >= 15 is 0 Å². The number of ether oxygens (including phenoxy) is 2. The van der Waals surface area contributed by atoms with E-state index in [0.717, 1.165) is 0 Å². The molecule has 1 amide bonds. The molecule has 0 atom stereocenters. The molecule has 0 aromatic carbocycles. The predicted molar refractivity (Wildman–Crippen MR) is 57.4 cm³/mol. The van der Waals surface area contributed by atoms with Gasteiger partial charge in [-0.05, 0) is 18.8 Å². The molecule has 1 rings (SSSR count). The molecular formula is C11H21NO3. The molecule has 4 nitrogen and oxygen atoms in total. The molecular weight excluding hydrogens is 194 g/mol. The number of amides is 1. The van der Waals surface area contributed by atoms with Crippen molar-refractivity contribution < 1.29 is 14.3 Å². The van der Waals surface area contributed by atoms with E-state index in [-0.39, 0.29) is 12.2 Å². The average Bonchev–Trinajstić information content (AvgIpc) is 2.72. The maximum Gasteiger partial charge on any atom is 0.220 e. The minimum Gasteiger partial charge on any atom is -0.354 e. The first-order valence-electron chi connectivity index (χ1n) is 5.58. The van der Waals surface area contributed by atoms with Gasteiger partial charge in [-0.25, -0.2) is 0 Å². The van der Waals surface area contributed by atoms with E-state index in [1.54, 1.807) is 14.2 Å². The van der Waals surface area contributed by atoms with Crippen LogP contribution in [0, 0.1) is 5.92 Å². The second-order valence-electron chi connectivity index (χ2n) is 4.06. The maximum atomic E-state index is 11.5. The van der Waals surface area contributed by atoms with E-state index in [9.17, 15) is 4.79 Å². The monoisotopic (exact) mass is 215 g/mol. The zero-order valence-corrected chi connectivity index (χ0v) is 9.62. The molecule has 0 unspecified atom stereocenters. The molecule has 4 heteroatoms. The molecule has 0 saturated heterocycles. The molecule has 0 aromatic heterocycles. The van der Waals surface area contributed by atoms with Crippen molar-refractivity contribution >= 4 is 5.91 Å². The van der Waals surface area contributed by atoms with E-state index in [0.29, 0.717) is 18.9 Å². The van der Waals surface area contributed by atoms with E-state index in [1.807, 2.05) is 0 Å². The number of hydrogen-bond donors (Lipinski definition) is 1. The Labute approximate surface area is 91.3 Å². The zero-order chi connectivity index (χ0) is 11.1. The van der Waals surface area contributed by atoms with Crippen molar-refractivity contribution in [1.82, 2.24) is 5.32 Å². The van der Waals surface area contributed by atoms with E-state index in [2.05, 4.69) is 5.32 Å². The lowest BCUT2D eigenvalue weighted by Gasteiger charge is -2.15. The lowest BCUT2D eigenvalue weighted by atomic mass is 10.0. The summed E-state index contributed by atoms with van der Waals surface area (Å²) in [5.41, 5.74) is 0. The average molecular weight is 215 g/mol. The summed E-state index contributed by atoms with van der Waals surface area (Å²) < 4.78 is 9.97. The zero-order valence-electron chi connectivity index (χ0n) is 9.62. The summed E-state index contributed by atoms with van der Waals surface area (Å²) in [6.45, 7) is 0.429. The minimum atomic E-state index is -0.336. The van der Waals surface area contributed by atoms with Crippen LogP contribution in [-0.2, 0) is 14.3 Å². The number of carbonyl (C=O) groups excluding carboxylic acids is 1. The Hall–Kier alpha value is -0.610. The van der Waals surface area contributed by atoms with Gasteiger partial charge in [-0.1, -0.05) is 12.8 Å². The molecule has 1 aliphatic rings. The van der Waals surface area contributed by atoms with Crippen molar-refractivity contribution in [2.45, 2.75) is 38.4 Å². The van der Waals surface area contributed by atoms with E-state index < -0.39 is 0 Å². The van der Waals surface area contributed by atoms with E-state index in [4.69, 9.17) is 9.47 Å². The molecule has 0 aliphatic heterocycles. The van der Waals surface area contributed by atoms with Crippen LogP contribution in [0.2, 0.25) is 0 Å². The summed E-state index contributed by atoms with van der Waals surface area (Å²) in [7, 11) is 3.13. The van der Waals surface area contributed by atoms with Gasteiger partial charge in [-0.3, -0.25) is 4.79 Å². The van der Waals surface area contributed by atoms with Crippen LogP contribution in [0.1, 0.15) is 32.1 Å². The molecule has 1 fully saturated rings. The molecule has 1 N–H and O–H groups in total. The van der Waals surface area contributed by atoms with Gasteiger partial charge in [0.05, 0.1) is 6.54 Å². The van der Waals surface area contributed by atoms with Gasteiger partial charge in [-0.15, -0.1) is 0 Å². The van der Waals surface area contributed by atoms with Crippen LogP contribution in [0.5, 0.6) is 0 Å². The Bertz CT molecular complexity index is 186. The Morgan fingerprint density at radius 2 is 1.93 bits per heavy atom. The number of hydrogen-bond acceptors (Lipinski definition) is 3. The van der Waals surface area contributed by atoms with Crippen molar-refractivity contribution in [3.8, 4) is 0 Å². The fraction of sp³-hybridized carbons (Fsp3) is 0.909. The van der Waals surface area contributed by atoms with Crippen molar-refractivity contribution in [1.29, 1.82) is 0 Å². The quantitative estimate of drug-likeness (QED) is 0.679. The lowest BCUT2D eigenvalue weighted by Crippen LogP contribution is -2.34. The first-order valence-corrected chi connectivity index (χ1v) is 5.58.